The maximum absolute atomic E-state index is 9.64. The lowest BCUT2D eigenvalue weighted by Crippen LogP contribution is -2.55. The number of hydrogen-bond donors (Lipinski definition) is 2. The predicted molar refractivity (Wildman–Crippen MR) is 70.2 cm³/mol. The summed E-state index contributed by atoms with van der Waals surface area (Å²) in [6.07, 6.45) is -0.142. The van der Waals surface area contributed by atoms with E-state index in [2.05, 4.69) is 24.1 Å². The first-order valence-corrected chi connectivity index (χ1v) is 6.61. The molecule has 0 aromatic heterocycles. The fourth-order valence-electron chi connectivity index (χ4n) is 1.86. The molecule has 102 valence electrons. The number of morpholine rings is 1. The molecule has 1 rings (SSSR count). The first-order chi connectivity index (χ1) is 7.83. The van der Waals surface area contributed by atoms with Crippen molar-refractivity contribution >= 4 is 0 Å². The normalized spacial score (nSPS) is 25.2. The molecule has 1 aliphatic heterocycles. The van der Waals surface area contributed by atoms with Crippen LogP contribution in [0.4, 0.5) is 0 Å². The van der Waals surface area contributed by atoms with Gasteiger partial charge < -0.3 is 15.2 Å². The molecule has 2 atom stereocenters. The minimum Gasteiger partial charge on any atom is -0.392 e. The van der Waals surface area contributed by atoms with E-state index >= 15 is 0 Å². The Labute approximate surface area is 105 Å². The van der Waals surface area contributed by atoms with Gasteiger partial charge in [0.05, 0.1) is 18.8 Å². The number of aliphatic hydroxyl groups is 1. The standard InChI is InChI=1S/C13H28N2O2/c1-10(2)15-6-7-17-12(9-15)8-14-13(4,5)11(3)16/h10-12,14,16H,6-9H2,1-5H3. The smallest absolute Gasteiger partial charge is 0.0827 e. The molecule has 0 amide bonds. The highest BCUT2D eigenvalue weighted by Crippen LogP contribution is 2.11. The van der Waals surface area contributed by atoms with E-state index in [1.54, 1.807) is 0 Å². The summed E-state index contributed by atoms with van der Waals surface area (Å²) in [4.78, 5) is 2.44. The third kappa shape index (κ3) is 4.54. The van der Waals surface area contributed by atoms with Crippen molar-refractivity contribution in [2.75, 3.05) is 26.2 Å². The lowest BCUT2D eigenvalue weighted by atomic mass is 9.98. The van der Waals surface area contributed by atoms with E-state index in [9.17, 15) is 5.11 Å². The van der Waals surface area contributed by atoms with E-state index in [1.165, 1.54) is 0 Å². The van der Waals surface area contributed by atoms with Crippen molar-refractivity contribution in [3.05, 3.63) is 0 Å². The Kier molecular flexibility index (Phi) is 5.38. The molecule has 0 bridgehead atoms. The summed E-state index contributed by atoms with van der Waals surface area (Å²) in [5.41, 5.74) is -0.260. The molecule has 4 nitrogen and oxygen atoms in total. The average molecular weight is 244 g/mol. The summed E-state index contributed by atoms with van der Waals surface area (Å²) in [5, 5.41) is 13.0. The van der Waals surface area contributed by atoms with Crippen LogP contribution in [0.15, 0.2) is 0 Å². The van der Waals surface area contributed by atoms with Crippen molar-refractivity contribution in [2.24, 2.45) is 0 Å². The van der Waals surface area contributed by atoms with Crippen molar-refractivity contribution in [1.82, 2.24) is 10.2 Å². The molecule has 0 radical (unpaired) electrons. The van der Waals surface area contributed by atoms with Gasteiger partial charge in [0.25, 0.3) is 0 Å². The number of nitrogens with one attached hydrogen (secondary N) is 1. The van der Waals surface area contributed by atoms with Crippen LogP contribution in [0, 0.1) is 0 Å². The third-order valence-corrected chi connectivity index (χ3v) is 3.73. The van der Waals surface area contributed by atoms with Crippen LogP contribution in [0.5, 0.6) is 0 Å². The van der Waals surface area contributed by atoms with E-state index in [4.69, 9.17) is 4.74 Å². The lowest BCUT2D eigenvalue weighted by Gasteiger charge is -2.38. The second-order valence-corrected chi connectivity index (χ2v) is 5.86. The molecule has 0 aromatic rings. The van der Waals surface area contributed by atoms with Crippen LogP contribution in [0.3, 0.4) is 0 Å². The minimum atomic E-state index is -0.368. The summed E-state index contributed by atoms with van der Waals surface area (Å²) < 4.78 is 5.75. The van der Waals surface area contributed by atoms with E-state index in [0.717, 1.165) is 26.2 Å². The number of ether oxygens (including phenoxy) is 1. The molecule has 4 heteroatoms. The summed E-state index contributed by atoms with van der Waals surface area (Å²) >= 11 is 0. The highest BCUT2D eigenvalue weighted by atomic mass is 16.5. The molecular weight excluding hydrogens is 216 g/mol. The molecule has 1 heterocycles. The molecule has 1 aliphatic rings. The Hall–Kier alpha value is -0.160. The third-order valence-electron chi connectivity index (χ3n) is 3.73. The van der Waals surface area contributed by atoms with E-state index in [1.807, 2.05) is 20.8 Å². The van der Waals surface area contributed by atoms with E-state index < -0.39 is 0 Å². The van der Waals surface area contributed by atoms with E-state index in [-0.39, 0.29) is 17.7 Å². The van der Waals surface area contributed by atoms with Crippen molar-refractivity contribution in [3.63, 3.8) is 0 Å². The topological polar surface area (TPSA) is 44.7 Å². The van der Waals surface area contributed by atoms with Crippen molar-refractivity contribution in [1.29, 1.82) is 0 Å². The van der Waals surface area contributed by atoms with Crippen LogP contribution >= 0.6 is 0 Å². The summed E-state index contributed by atoms with van der Waals surface area (Å²) in [7, 11) is 0. The van der Waals surface area contributed by atoms with E-state index in [0.29, 0.717) is 6.04 Å². The van der Waals surface area contributed by atoms with Gasteiger partial charge >= 0.3 is 0 Å². The quantitative estimate of drug-likeness (QED) is 0.752. The van der Waals surface area contributed by atoms with Crippen LogP contribution in [-0.4, -0.2) is 60.0 Å². The van der Waals surface area contributed by atoms with Crippen LogP contribution in [0.1, 0.15) is 34.6 Å². The lowest BCUT2D eigenvalue weighted by molar-refractivity contribution is -0.0426. The summed E-state index contributed by atoms with van der Waals surface area (Å²) in [5.74, 6) is 0. The van der Waals surface area contributed by atoms with Crippen molar-refractivity contribution < 1.29 is 9.84 Å². The molecule has 1 saturated heterocycles. The molecule has 2 N–H and O–H groups in total. The van der Waals surface area contributed by atoms with Crippen LogP contribution in [-0.2, 0) is 4.74 Å². The Bertz CT molecular complexity index is 229. The Morgan fingerprint density at radius 3 is 2.59 bits per heavy atom. The highest BCUT2D eigenvalue weighted by molar-refractivity contribution is 4.85. The van der Waals surface area contributed by atoms with Crippen LogP contribution < -0.4 is 5.32 Å². The molecule has 0 spiro atoms. The molecule has 0 aromatic carbocycles. The van der Waals surface area contributed by atoms with Gasteiger partial charge in [-0.15, -0.1) is 0 Å². The van der Waals surface area contributed by atoms with Gasteiger partial charge in [-0.05, 0) is 34.6 Å². The first kappa shape index (κ1) is 14.9. The molecule has 2 unspecified atom stereocenters. The molecular formula is C13H28N2O2. The summed E-state index contributed by atoms with van der Waals surface area (Å²) in [6.45, 7) is 13.9. The van der Waals surface area contributed by atoms with Crippen molar-refractivity contribution in [2.45, 2.75) is 58.4 Å². The maximum Gasteiger partial charge on any atom is 0.0827 e. The molecule has 0 saturated carbocycles. The molecule has 17 heavy (non-hydrogen) atoms. The first-order valence-electron chi connectivity index (χ1n) is 6.61. The largest absolute Gasteiger partial charge is 0.392 e. The van der Waals surface area contributed by atoms with Crippen LogP contribution in [0.25, 0.3) is 0 Å². The maximum atomic E-state index is 9.64. The average Bonchev–Trinajstić information content (AvgIpc) is 2.26. The highest BCUT2D eigenvalue weighted by Gasteiger charge is 2.27. The zero-order chi connectivity index (χ0) is 13.1. The van der Waals surface area contributed by atoms with Gasteiger partial charge in [-0.1, -0.05) is 0 Å². The Balaban J connectivity index is 2.37. The van der Waals surface area contributed by atoms with Gasteiger partial charge in [-0.25, -0.2) is 0 Å². The number of rotatable bonds is 5. The van der Waals surface area contributed by atoms with Gasteiger partial charge in [0, 0.05) is 31.2 Å². The second-order valence-electron chi connectivity index (χ2n) is 5.86. The second kappa shape index (κ2) is 6.14. The SMILES string of the molecule is CC(C)N1CCOC(CNC(C)(C)C(C)O)C1. The summed E-state index contributed by atoms with van der Waals surface area (Å²) in [6, 6.07) is 0.575. The van der Waals surface area contributed by atoms with Crippen molar-refractivity contribution in [3.8, 4) is 0 Å². The monoisotopic (exact) mass is 244 g/mol. The van der Waals surface area contributed by atoms with Gasteiger partial charge in [0.2, 0.25) is 0 Å². The Morgan fingerprint density at radius 1 is 1.41 bits per heavy atom. The predicted octanol–water partition coefficient (Wildman–Crippen LogP) is 0.845. The number of aliphatic hydroxyl groups excluding tert-OH is 1. The van der Waals surface area contributed by atoms with Gasteiger partial charge in [0.1, 0.15) is 0 Å². The molecule has 0 aliphatic carbocycles. The number of nitrogens with zero attached hydrogens (tertiary/aromatic N) is 1. The van der Waals surface area contributed by atoms with Crippen LogP contribution in [0.2, 0.25) is 0 Å². The zero-order valence-corrected chi connectivity index (χ0v) is 11.9. The fourth-order valence-corrected chi connectivity index (χ4v) is 1.86. The Morgan fingerprint density at radius 2 is 2.06 bits per heavy atom. The van der Waals surface area contributed by atoms with Gasteiger partial charge in [0.15, 0.2) is 0 Å². The minimum absolute atomic E-state index is 0.226. The van der Waals surface area contributed by atoms with Gasteiger partial charge in [-0.3, -0.25) is 4.90 Å². The molecule has 1 fully saturated rings. The zero-order valence-electron chi connectivity index (χ0n) is 11.9. The number of hydrogen-bond acceptors (Lipinski definition) is 4. The fraction of sp³-hybridized carbons (Fsp3) is 1.00. The van der Waals surface area contributed by atoms with Gasteiger partial charge in [-0.2, -0.15) is 0 Å².